The number of carbonyl (C=O) groups is 2. The summed E-state index contributed by atoms with van der Waals surface area (Å²) in [6.45, 7) is 2.72. The van der Waals surface area contributed by atoms with E-state index in [0.29, 0.717) is 11.4 Å². The average Bonchev–Trinajstić information content (AvgIpc) is 2.72. The number of likely N-dealkylation sites (tertiary alicyclic amines) is 1. The van der Waals surface area contributed by atoms with Crippen molar-refractivity contribution in [1.29, 1.82) is 0 Å². The van der Waals surface area contributed by atoms with Gasteiger partial charge in [-0.25, -0.2) is 0 Å². The summed E-state index contributed by atoms with van der Waals surface area (Å²) in [5, 5.41) is 6.60. The minimum absolute atomic E-state index is 0.0190. The van der Waals surface area contributed by atoms with Crippen LogP contribution in [0.25, 0.3) is 0 Å². The number of amides is 2. The van der Waals surface area contributed by atoms with Crippen molar-refractivity contribution in [2.75, 3.05) is 18.4 Å². The molecule has 6 nitrogen and oxygen atoms in total. The minimum atomic E-state index is -0.796. The number of halogens is 1. The van der Waals surface area contributed by atoms with Gasteiger partial charge < -0.3 is 15.4 Å². The highest BCUT2D eigenvalue weighted by molar-refractivity contribution is 6.30. The Balaban J connectivity index is 1.23. The summed E-state index contributed by atoms with van der Waals surface area (Å²) >= 11 is 5.94. The van der Waals surface area contributed by atoms with E-state index in [1.165, 1.54) is 5.56 Å². The summed E-state index contributed by atoms with van der Waals surface area (Å²) in [5.74, 6) is 0.165. The Morgan fingerprint density at radius 3 is 2.62 bits per heavy atom. The zero-order valence-electron chi connectivity index (χ0n) is 16.1. The van der Waals surface area contributed by atoms with Crippen LogP contribution in [0.4, 0.5) is 5.69 Å². The topological polar surface area (TPSA) is 70.7 Å². The summed E-state index contributed by atoms with van der Waals surface area (Å²) in [5.41, 5.74) is 1.87. The lowest BCUT2D eigenvalue weighted by Crippen LogP contribution is -2.47. The van der Waals surface area contributed by atoms with Crippen molar-refractivity contribution in [3.8, 4) is 5.75 Å². The molecule has 1 saturated heterocycles. The van der Waals surface area contributed by atoms with Gasteiger partial charge in [0.05, 0.1) is 12.1 Å². The number of anilines is 1. The molecule has 2 heterocycles. The van der Waals surface area contributed by atoms with Crippen LogP contribution in [-0.2, 0) is 16.1 Å². The van der Waals surface area contributed by atoms with Crippen molar-refractivity contribution in [3.63, 3.8) is 0 Å². The summed E-state index contributed by atoms with van der Waals surface area (Å²) < 4.78 is 5.71. The predicted molar refractivity (Wildman–Crippen MR) is 112 cm³/mol. The Morgan fingerprint density at radius 2 is 1.86 bits per heavy atom. The molecule has 2 aliphatic heterocycles. The van der Waals surface area contributed by atoms with Gasteiger partial charge in [0, 0.05) is 30.7 Å². The van der Waals surface area contributed by atoms with E-state index in [4.69, 9.17) is 16.3 Å². The third-order valence-corrected chi connectivity index (χ3v) is 5.60. The predicted octanol–water partition coefficient (Wildman–Crippen LogP) is 3.21. The van der Waals surface area contributed by atoms with Crippen LogP contribution in [0.15, 0.2) is 48.5 Å². The fraction of sp³-hybridized carbons (Fsp3) is 0.364. The number of para-hydroxylation sites is 2. The molecule has 0 spiro atoms. The number of ether oxygens (including phenoxy) is 1. The lowest BCUT2D eigenvalue weighted by atomic mass is 10.0. The van der Waals surface area contributed by atoms with Crippen molar-refractivity contribution in [1.82, 2.24) is 10.2 Å². The Kier molecular flexibility index (Phi) is 6.02. The third kappa shape index (κ3) is 5.08. The SMILES string of the molecule is O=C(C[C@H]1Oc2ccccc2NC1=O)NC1CCN(Cc2ccc(Cl)cc2)CC1. The van der Waals surface area contributed by atoms with Gasteiger partial charge in [0.25, 0.3) is 5.91 Å². The van der Waals surface area contributed by atoms with E-state index in [9.17, 15) is 9.59 Å². The first-order chi connectivity index (χ1) is 14.1. The first-order valence-corrected chi connectivity index (χ1v) is 10.3. The molecule has 29 heavy (non-hydrogen) atoms. The van der Waals surface area contributed by atoms with Crippen molar-refractivity contribution < 1.29 is 14.3 Å². The summed E-state index contributed by atoms with van der Waals surface area (Å²) in [6.07, 6.45) is 1.00. The van der Waals surface area contributed by atoms with Gasteiger partial charge in [-0.2, -0.15) is 0 Å². The first kappa shape index (κ1) is 19.7. The minimum Gasteiger partial charge on any atom is -0.478 e. The molecule has 0 unspecified atom stereocenters. The lowest BCUT2D eigenvalue weighted by Gasteiger charge is -2.33. The molecule has 0 aliphatic carbocycles. The molecule has 0 radical (unpaired) electrons. The molecule has 152 valence electrons. The first-order valence-electron chi connectivity index (χ1n) is 9.89. The highest BCUT2D eigenvalue weighted by Gasteiger charge is 2.30. The fourth-order valence-corrected chi connectivity index (χ4v) is 3.89. The average molecular weight is 414 g/mol. The molecule has 0 aromatic heterocycles. The van der Waals surface area contributed by atoms with Gasteiger partial charge in [-0.1, -0.05) is 35.9 Å². The molecule has 2 aromatic carbocycles. The Hall–Kier alpha value is -2.57. The highest BCUT2D eigenvalue weighted by atomic mass is 35.5. The van der Waals surface area contributed by atoms with Crippen LogP contribution in [0.3, 0.4) is 0 Å². The van der Waals surface area contributed by atoms with Crippen molar-refractivity contribution >= 4 is 29.1 Å². The second-order valence-corrected chi connectivity index (χ2v) is 7.98. The fourth-order valence-electron chi connectivity index (χ4n) is 3.77. The Labute approximate surface area is 175 Å². The van der Waals surface area contributed by atoms with E-state index >= 15 is 0 Å². The second-order valence-electron chi connectivity index (χ2n) is 7.54. The van der Waals surface area contributed by atoms with E-state index in [1.54, 1.807) is 12.1 Å². The molecule has 2 aliphatic rings. The quantitative estimate of drug-likeness (QED) is 0.789. The van der Waals surface area contributed by atoms with Crippen LogP contribution in [0.1, 0.15) is 24.8 Å². The number of fused-ring (bicyclic) bond motifs is 1. The lowest BCUT2D eigenvalue weighted by molar-refractivity contribution is -0.131. The monoisotopic (exact) mass is 413 g/mol. The maximum atomic E-state index is 12.4. The maximum absolute atomic E-state index is 12.4. The van der Waals surface area contributed by atoms with Gasteiger partial charge in [0.15, 0.2) is 6.10 Å². The van der Waals surface area contributed by atoms with E-state index in [-0.39, 0.29) is 24.3 Å². The molecule has 4 rings (SSSR count). The van der Waals surface area contributed by atoms with Gasteiger partial charge >= 0.3 is 0 Å². The molecule has 2 N–H and O–H groups in total. The maximum Gasteiger partial charge on any atom is 0.266 e. The molecule has 0 bridgehead atoms. The zero-order chi connectivity index (χ0) is 20.2. The third-order valence-electron chi connectivity index (χ3n) is 5.35. The number of piperidine rings is 1. The van der Waals surface area contributed by atoms with Crippen molar-refractivity contribution in [2.24, 2.45) is 0 Å². The van der Waals surface area contributed by atoms with Gasteiger partial charge in [-0.3, -0.25) is 14.5 Å². The van der Waals surface area contributed by atoms with Crippen LogP contribution >= 0.6 is 11.6 Å². The molecular weight excluding hydrogens is 390 g/mol. The molecule has 2 aromatic rings. The Morgan fingerprint density at radius 1 is 1.14 bits per heavy atom. The number of benzene rings is 2. The molecule has 1 fully saturated rings. The molecule has 7 heteroatoms. The number of nitrogens with one attached hydrogen (secondary N) is 2. The summed E-state index contributed by atoms with van der Waals surface area (Å²) in [4.78, 5) is 27.0. The standard InChI is InChI=1S/C22H24ClN3O3/c23-16-7-5-15(6-8-16)14-26-11-9-17(10-12-26)24-21(27)13-20-22(28)25-18-3-1-2-4-19(18)29-20/h1-8,17,20H,9-14H2,(H,24,27)(H,25,28)/t20-/m1/s1. The molecular formula is C22H24ClN3O3. The molecule has 2 amide bonds. The van der Waals surface area contributed by atoms with Crippen molar-refractivity contribution in [3.05, 3.63) is 59.1 Å². The Bertz CT molecular complexity index is 879. The van der Waals surface area contributed by atoms with Gasteiger partial charge in [-0.05, 0) is 42.7 Å². The number of nitrogens with zero attached hydrogens (tertiary/aromatic N) is 1. The largest absolute Gasteiger partial charge is 0.478 e. The number of hydrogen-bond acceptors (Lipinski definition) is 4. The zero-order valence-corrected chi connectivity index (χ0v) is 16.8. The van der Waals surface area contributed by atoms with Crippen LogP contribution in [0, 0.1) is 0 Å². The number of carbonyl (C=O) groups excluding carboxylic acids is 2. The van der Waals surface area contributed by atoms with Crippen LogP contribution < -0.4 is 15.4 Å². The van der Waals surface area contributed by atoms with E-state index in [1.807, 2.05) is 36.4 Å². The number of rotatable bonds is 5. The van der Waals surface area contributed by atoms with E-state index < -0.39 is 6.10 Å². The molecule has 1 atom stereocenters. The normalized spacial score (nSPS) is 19.8. The van der Waals surface area contributed by atoms with Crippen molar-refractivity contribution in [2.45, 2.75) is 38.0 Å². The number of hydrogen-bond donors (Lipinski definition) is 2. The van der Waals surface area contributed by atoms with Crippen LogP contribution in [0.2, 0.25) is 5.02 Å². The summed E-state index contributed by atoms with van der Waals surface area (Å²) in [6, 6.07) is 15.3. The van der Waals surface area contributed by atoms with E-state index in [0.717, 1.165) is 37.5 Å². The molecule has 0 saturated carbocycles. The van der Waals surface area contributed by atoms with Crippen LogP contribution in [-0.4, -0.2) is 41.9 Å². The smallest absolute Gasteiger partial charge is 0.266 e. The van der Waals surface area contributed by atoms with Gasteiger partial charge in [-0.15, -0.1) is 0 Å². The van der Waals surface area contributed by atoms with Crippen LogP contribution in [0.5, 0.6) is 5.75 Å². The van der Waals surface area contributed by atoms with Gasteiger partial charge in [0.2, 0.25) is 5.91 Å². The summed E-state index contributed by atoms with van der Waals surface area (Å²) in [7, 11) is 0. The highest BCUT2D eigenvalue weighted by Crippen LogP contribution is 2.29. The van der Waals surface area contributed by atoms with Gasteiger partial charge in [0.1, 0.15) is 5.75 Å². The van der Waals surface area contributed by atoms with E-state index in [2.05, 4.69) is 15.5 Å². The second kappa shape index (κ2) is 8.84.